The molecule has 0 atom stereocenters. The highest BCUT2D eigenvalue weighted by Crippen LogP contribution is 2.25. The molecule has 1 aromatic carbocycles. The normalized spacial score (nSPS) is 16.4. The van der Waals surface area contributed by atoms with E-state index in [-0.39, 0.29) is 0 Å². The summed E-state index contributed by atoms with van der Waals surface area (Å²) in [4.78, 5) is 0. The van der Waals surface area contributed by atoms with E-state index in [1.165, 1.54) is 12.8 Å². The van der Waals surface area contributed by atoms with Crippen LogP contribution < -0.4 is 11.1 Å². The summed E-state index contributed by atoms with van der Waals surface area (Å²) in [6.45, 7) is 0. The molecule has 3 N–H and O–H groups in total. The molecule has 1 aromatic rings. The second-order valence-electron chi connectivity index (χ2n) is 3.04. The lowest BCUT2D eigenvalue weighted by molar-refractivity contribution is 1.16. The van der Waals surface area contributed by atoms with E-state index in [1.807, 2.05) is 18.2 Å². The van der Waals surface area contributed by atoms with Crippen molar-refractivity contribution < 1.29 is 0 Å². The van der Waals surface area contributed by atoms with E-state index < -0.39 is 0 Å². The van der Waals surface area contributed by atoms with Gasteiger partial charge in [-0.15, -0.1) is 0 Å². The summed E-state index contributed by atoms with van der Waals surface area (Å²) in [6.07, 6.45) is 2.60. The molecule has 0 heterocycles. The zero-order chi connectivity index (χ0) is 7.68. The number of rotatable bonds is 2. The number of hydrogen-bond donors (Lipinski definition) is 2. The molecule has 0 spiro atoms. The Morgan fingerprint density at radius 2 is 2.18 bits per heavy atom. The molecule has 2 nitrogen and oxygen atoms in total. The lowest BCUT2D eigenvalue weighted by atomic mass is 10.3. The van der Waals surface area contributed by atoms with Crippen molar-refractivity contribution in [1.29, 1.82) is 0 Å². The van der Waals surface area contributed by atoms with Crippen molar-refractivity contribution in [3.8, 4) is 0 Å². The molecule has 58 valence electrons. The molecule has 0 saturated heterocycles. The number of hydrogen-bond acceptors (Lipinski definition) is 2. The number of nitrogens with one attached hydrogen (secondary N) is 1. The standard InChI is InChI=1S/C9H12N2/c10-7-2-1-3-9(6-7)11-8-4-5-8/h1-3,6,8,11H,4-5,10H2. The Morgan fingerprint density at radius 1 is 1.36 bits per heavy atom. The predicted molar refractivity (Wildman–Crippen MR) is 47.5 cm³/mol. The minimum Gasteiger partial charge on any atom is -0.399 e. The summed E-state index contributed by atoms with van der Waals surface area (Å²) in [6, 6.07) is 8.60. The smallest absolute Gasteiger partial charge is 0.0362 e. The average Bonchev–Trinajstić information content (AvgIpc) is 2.71. The van der Waals surface area contributed by atoms with Gasteiger partial charge in [0.2, 0.25) is 0 Å². The zero-order valence-electron chi connectivity index (χ0n) is 6.38. The topological polar surface area (TPSA) is 38.0 Å². The molecule has 0 radical (unpaired) electrons. The molecule has 0 unspecified atom stereocenters. The number of anilines is 2. The van der Waals surface area contributed by atoms with Crippen LogP contribution in [0.15, 0.2) is 24.3 Å². The van der Waals surface area contributed by atoms with Crippen molar-refractivity contribution in [2.75, 3.05) is 11.1 Å². The van der Waals surface area contributed by atoms with Crippen LogP contribution in [0.3, 0.4) is 0 Å². The Balaban J connectivity index is 2.10. The molecule has 0 amide bonds. The molecule has 11 heavy (non-hydrogen) atoms. The van der Waals surface area contributed by atoms with E-state index in [1.54, 1.807) is 0 Å². The van der Waals surface area contributed by atoms with Crippen LogP contribution >= 0.6 is 0 Å². The first-order valence-electron chi connectivity index (χ1n) is 3.97. The van der Waals surface area contributed by atoms with Gasteiger partial charge < -0.3 is 11.1 Å². The monoisotopic (exact) mass is 148 g/mol. The highest BCUT2D eigenvalue weighted by atomic mass is 14.9. The van der Waals surface area contributed by atoms with Crippen LogP contribution in [0.4, 0.5) is 11.4 Å². The third-order valence-electron chi connectivity index (χ3n) is 1.83. The molecule has 2 heteroatoms. The molecule has 0 bridgehead atoms. The predicted octanol–water partition coefficient (Wildman–Crippen LogP) is 1.84. The first-order valence-corrected chi connectivity index (χ1v) is 3.97. The highest BCUT2D eigenvalue weighted by Gasteiger charge is 2.20. The maximum atomic E-state index is 5.61. The lowest BCUT2D eigenvalue weighted by Crippen LogP contribution is -2.00. The molecular weight excluding hydrogens is 136 g/mol. The SMILES string of the molecule is Nc1cccc(NC2CC2)c1. The third kappa shape index (κ3) is 1.64. The fourth-order valence-corrected chi connectivity index (χ4v) is 1.09. The van der Waals surface area contributed by atoms with Gasteiger partial charge in [-0.25, -0.2) is 0 Å². The van der Waals surface area contributed by atoms with E-state index in [0.717, 1.165) is 11.4 Å². The van der Waals surface area contributed by atoms with Gasteiger partial charge >= 0.3 is 0 Å². The van der Waals surface area contributed by atoms with Crippen molar-refractivity contribution in [2.45, 2.75) is 18.9 Å². The Kier molecular flexibility index (Phi) is 1.46. The summed E-state index contributed by atoms with van der Waals surface area (Å²) in [5.41, 5.74) is 7.59. The summed E-state index contributed by atoms with van der Waals surface area (Å²) >= 11 is 0. The largest absolute Gasteiger partial charge is 0.399 e. The van der Waals surface area contributed by atoms with Crippen LogP contribution in [0.5, 0.6) is 0 Å². The summed E-state index contributed by atoms with van der Waals surface area (Å²) < 4.78 is 0. The van der Waals surface area contributed by atoms with E-state index >= 15 is 0 Å². The van der Waals surface area contributed by atoms with Gasteiger partial charge in [-0.3, -0.25) is 0 Å². The average molecular weight is 148 g/mol. The van der Waals surface area contributed by atoms with Gasteiger partial charge in [0.15, 0.2) is 0 Å². The fraction of sp³-hybridized carbons (Fsp3) is 0.333. The van der Waals surface area contributed by atoms with E-state index in [4.69, 9.17) is 5.73 Å². The maximum Gasteiger partial charge on any atom is 0.0362 e. The van der Waals surface area contributed by atoms with E-state index in [0.29, 0.717) is 6.04 Å². The molecule has 2 rings (SSSR count). The van der Waals surface area contributed by atoms with Crippen LogP contribution in [0, 0.1) is 0 Å². The van der Waals surface area contributed by atoms with Crippen molar-refractivity contribution in [3.63, 3.8) is 0 Å². The molecule has 0 aromatic heterocycles. The summed E-state index contributed by atoms with van der Waals surface area (Å²) in [5.74, 6) is 0. The first kappa shape index (κ1) is 6.53. The minimum absolute atomic E-state index is 0.705. The number of nitrogens with two attached hydrogens (primary N) is 1. The third-order valence-corrected chi connectivity index (χ3v) is 1.83. The number of benzene rings is 1. The summed E-state index contributed by atoms with van der Waals surface area (Å²) in [5, 5.41) is 3.38. The van der Waals surface area contributed by atoms with E-state index in [9.17, 15) is 0 Å². The molecule has 1 fully saturated rings. The Hall–Kier alpha value is -1.18. The van der Waals surface area contributed by atoms with Gasteiger partial charge in [-0.1, -0.05) is 6.07 Å². The van der Waals surface area contributed by atoms with E-state index in [2.05, 4.69) is 11.4 Å². The van der Waals surface area contributed by atoms with Crippen LogP contribution in [0.25, 0.3) is 0 Å². The van der Waals surface area contributed by atoms with Gasteiger partial charge in [0.05, 0.1) is 0 Å². The molecule has 1 aliphatic carbocycles. The zero-order valence-corrected chi connectivity index (χ0v) is 6.38. The Morgan fingerprint density at radius 3 is 2.82 bits per heavy atom. The Labute approximate surface area is 66.4 Å². The van der Waals surface area contributed by atoms with Crippen LogP contribution in [-0.4, -0.2) is 6.04 Å². The van der Waals surface area contributed by atoms with Crippen molar-refractivity contribution in [3.05, 3.63) is 24.3 Å². The van der Waals surface area contributed by atoms with Gasteiger partial charge in [-0.05, 0) is 31.0 Å². The lowest BCUT2D eigenvalue weighted by Gasteiger charge is -2.03. The first-order chi connectivity index (χ1) is 5.34. The fourth-order valence-electron chi connectivity index (χ4n) is 1.09. The Bertz CT molecular complexity index is 253. The van der Waals surface area contributed by atoms with Gasteiger partial charge in [0, 0.05) is 17.4 Å². The molecule has 0 aliphatic heterocycles. The minimum atomic E-state index is 0.705. The molecule has 1 aliphatic rings. The van der Waals surface area contributed by atoms with Gasteiger partial charge in [-0.2, -0.15) is 0 Å². The molecule has 1 saturated carbocycles. The van der Waals surface area contributed by atoms with Crippen molar-refractivity contribution >= 4 is 11.4 Å². The number of nitrogen functional groups attached to an aromatic ring is 1. The second-order valence-corrected chi connectivity index (χ2v) is 3.04. The van der Waals surface area contributed by atoms with Crippen LogP contribution in [-0.2, 0) is 0 Å². The van der Waals surface area contributed by atoms with Crippen molar-refractivity contribution in [1.82, 2.24) is 0 Å². The quantitative estimate of drug-likeness (QED) is 0.628. The molecular formula is C9H12N2. The highest BCUT2D eigenvalue weighted by molar-refractivity contribution is 5.54. The van der Waals surface area contributed by atoms with Crippen LogP contribution in [0.1, 0.15) is 12.8 Å². The van der Waals surface area contributed by atoms with Gasteiger partial charge in [0.1, 0.15) is 0 Å². The maximum absolute atomic E-state index is 5.61. The summed E-state index contributed by atoms with van der Waals surface area (Å²) in [7, 11) is 0. The van der Waals surface area contributed by atoms with Crippen LogP contribution in [0.2, 0.25) is 0 Å². The van der Waals surface area contributed by atoms with Crippen molar-refractivity contribution in [2.24, 2.45) is 0 Å². The van der Waals surface area contributed by atoms with Gasteiger partial charge in [0.25, 0.3) is 0 Å². The second kappa shape index (κ2) is 2.46.